The third-order valence-corrected chi connectivity index (χ3v) is 1.58. The first kappa shape index (κ1) is 10.7. The number of rotatable bonds is 1. The van der Waals surface area contributed by atoms with Crippen LogP contribution in [0.15, 0.2) is 24.5 Å². The molecule has 0 fully saturated rings. The summed E-state index contributed by atoms with van der Waals surface area (Å²) < 4.78 is 0. The van der Waals surface area contributed by atoms with Crippen LogP contribution in [0.4, 0.5) is 0 Å². The Labute approximate surface area is 78.2 Å². The van der Waals surface area contributed by atoms with Crippen LogP contribution in [0.2, 0.25) is 0 Å². The van der Waals surface area contributed by atoms with E-state index in [1.807, 2.05) is 26.0 Å². The van der Waals surface area contributed by atoms with Crippen molar-refractivity contribution in [1.82, 2.24) is 4.98 Å². The van der Waals surface area contributed by atoms with Gasteiger partial charge in [0.15, 0.2) is 0 Å². The van der Waals surface area contributed by atoms with Gasteiger partial charge in [-0.15, -0.1) is 24.0 Å². The molecule has 0 atom stereocenters. The van der Waals surface area contributed by atoms with E-state index in [1.165, 1.54) is 0 Å². The summed E-state index contributed by atoms with van der Waals surface area (Å²) in [7, 11) is 0. The molecule has 0 aliphatic carbocycles. The van der Waals surface area contributed by atoms with Gasteiger partial charge < -0.3 is 0 Å². The van der Waals surface area contributed by atoms with Gasteiger partial charge >= 0.3 is 0 Å². The fourth-order valence-corrected chi connectivity index (χ4v) is 0.874. The average molecular weight is 192 g/mol. The van der Waals surface area contributed by atoms with Crippen molar-refractivity contribution in [2.75, 3.05) is 0 Å². The van der Waals surface area contributed by atoms with Crippen LogP contribution in [0.1, 0.15) is 19.4 Å². The van der Waals surface area contributed by atoms with Crippen molar-refractivity contribution in [2.45, 2.75) is 18.7 Å². The highest BCUT2D eigenvalue weighted by Crippen LogP contribution is 2.26. The zero-order valence-electron chi connectivity index (χ0n) is 6.54. The number of pyridine rings is 1. The Morgan fingerprint density at radius 3 is 2.00 bits per heavy atom. The van der Waals surface area contributed by atoms with Gasteiger partial charge in [-0.05, 0) is 31.5 Å². The van der Waals surface area contributed by atoms with Gasteiger partial charge in [-0.3, -0.25) is 4.98 Å². The van der Waals surface area contributed by atoms with Crippen LogP contribution < -0.4 is 0 Å². The van der Waals surface area contributed by atoms with Crippen LogP contribution in [-0.2, 0) is 4.87 Å². The van der Waals surface area contributed by atoms with Gasteiger partial charge in [0.1, 0.15) is 0 Å². The van der Waals surface area contributed by atoms with Crippen LogP contribution in [0, 0.1) is 0 Å². The maximum absolute atomic E-state index is 6.03. The molecule has 11 heavy (non-hydrogen) atoms. The van der Waals surface area contributed by atoms with Crippen molar-refractivity contribution < 1.29 is 0 Å². The molecule has 1 rings (SSSR count). The average Bonchev–Trinajstić information content (AvgIpc) is 1.88. The Balaban J connectivity index is 0.000001000. The minimum atomic E-state index is -0.275. The van der Waals surface area contributed by atoms with E-state index in [-0.39, 0.29) is 17.3 Å². The van der Waals surface area contributed by atoms with Crippen molar-refractivity contribution in [1.29, 1.82) is 0 Å². The van der Waals surface area contributed by atoms with Crippen LogP contribution in [0.25, 0.3) is 0 Å². The molecule has 0 radical (unpaired) electrons. The molecule has 0 aliphatic rings. The van der Waals surface area contributed by atoms with Crippen molar-refractivity contribution in [2.24, 2.45) is 0 Å². The highest BCUT2D eigenvalue weighted by atomic mass is 35.5. The number of hydrogen-bond acceptors (Lipinski definition) is 1. The van der Waals surface area contributed by atoms with Gasteiger partial charge in [0.05, 0.1) is 4.87 Å². The second-order valence-corrected chi connectivity index (χ2v) is 3.65. The van der Waals surface area contributed by atoms with Gasteiger partial charge in [0, 0.05) is 12.4 Å². The van der Waals surface area contributed by atoms with Crippen molar-refractivity contribution >= 4 is 24.0 Å². The van der Waals surface area contributed by atoms with Gasteiger partial charge in [0.2, 0.25) is 0 Å². The fraction of sp³-hybridized carbons (Fsp3) is 0.375. The van der Waals surface area contributed by atoms with Crippen LogP contribution in [-0.4, -0.2) is 4.98 Å². The minimum Gasteiger partial charge on any atom is -0.265 e. The molecule has 0 saturated carbocycles. The number of hydrogen-bond donors (Lipinski definition) is 0. The predicted molar refractivity (Wildman–Crippen MR) is 50.4 cm³/mol. The summed E-state index contributed by atoms with van der Waals surface area (Å²) >= 11 is 6.03. The molecule has 0 bridgehead atoms. The Kier molecular flexibility index (Phi) is 3.84. The Morgan fingerprint density at radius 2 is 1.73 bits per heavy atom. The molecule has 0 aliphatic heterocycles. The van der Waals surface area contributed by atoms with Gasteiger partial charge in [-0.1, -0.05) is 0 Å². The Bertz CT molecular complexity index is 203. The van der Waals surface area contributed by atoms with E-state index in [2.05, 4.69) is 4.98 Å². The second-order valence-electron chi connectivity index (χ2n) is 2.71. The molecule has 0 spiro atoms. The largest absolute Gasteiger partial charge is 0.265 e. The third kappa shape index (κ3) is 3.08. The Hall–Kier alpha value is -0.270. The van der Waals surface area contributed by atoms with Crippen molar-refractivity contribution in [3.63, 3.8) is 0 Å². The topological polar surface area (TPSA) is 12.9 Å². The summed E-state index contributed by atoms with van der Waals surface area (Å²) in [5.74, 6) is 0. The van der Waals surface area contributed by atoms with E-state index in [9.17, 15) is 0 Å². The summed E-state index contributed by atoms with van der Waals surface area (Å²) in [6.45, 7) is 3.92. The van der Waals surface area contributed by atoms with Crippen LogP contribution in [0.5, 0.6) is 0 Å². The summed E-state index contributed by atoms with van der Waals surface area (Å²) in [5.41, 5.74) is 1.10. The number of nitrogens with zero attached hydrogens (tertiary/aromatic N) is 1. The molecular weight excluding hydrogens is 181 g/mol. The number of alkyl halides is 1. The molecule has 1 aromatic rings. The zero-order valence-corrected chi connectivity index (χ0v) is 8.12. The van der Waals surface area contributed by atoms with Gasteiger partial charge in [0.25, 0.3) is 0 Å². The van der Waals surface area contributed by atoms with Crippen LogP contribution >= 0.6 is 24.0 Å². The van der Waals surface area contributed by atoms with Gasteiger partial charge in [-0.2, -0.15) is 0 Å². The van der Waals surface area contributed by atoms with Gasteiger partial charge in [-0.25, -0.2) is 0 Å². The van der Waals surface area contributed by atoms with Crippen molar-refractivity contribution in [3.05, 3.63) is 30.1 Å². The normalized spacial score (nSPS) is 10.5. The smallest absolute Gasteiger partial charge is 0.0639 e. The molecule has 0 aromatic carbocycles. The fourth-order valence-electron chi connectivity index (χ4n) is 0.748. The highest BCUT2D eigenvalue weighted by Gasteiger charge is 2.14. The predicted octanol–water partition coefficient (Wildman–Crippen LogP) is 2.98. The molecule has 1 nitrogen and oxygen atoms in total. The quantitative estimate of drug-likeness (QED) is 0.623. The van der Waals surface area contributed by atoms with E-state index in [4.69, 9.17) is 11.6 Å². The summed E-state index contributed by atoms with van der Waals surface area (Å²) in [6.07, 6.45) is 3.50. The van der Waals surface area contributed by atoms with Crippen molar-refractivity contribution in [3.8, 4) is 0 Å². The number of halogens is 2. The summed E-state index contributed by atoms with van der Waals surface area (Å²) in [5, 5.41) is 0. The third-order valence-electron chi connectivity index (χ3n) is 1.37. The second kappa shape index (κ2) is 3.93. The standard InChI is InChI=1S/C8H10ClN.ClH/c1-8(2,9)7-3-5-10-6-4-7;/h3-6H,1-2H3;1H. The lowest BCUT2D eigenvalue weighted by Gasteiger charge is -2.14. The lowest BCUT2D eigenvalue weighted by atomic mass is 10.0. The first-order valence-corrected chi connectivity index (χ1v) is 3.58. The molecule has 62 valence electrons. The van der Waals surface area contributed by atoms with E-state index in [0.717, 1.165) is 5.56 Å². The molecule has 0 saturated heterocycles. The lowest BCUT2D eigenvalue weighted by molar-refractivity contribution is 0.764. The molecule has 3 heteroatoms. The summed E-state index contributed by atoms with van der Waals surface area (Å²) in [6, 6.07) is 3.85. The zero-order chi connectivity index (χ0) is 7.61. The van der Waals surface area contributed by atoms with Crippen LogP contribution in [0.3, 0.4) is 0 Å². The first-order chi connectivity index (χ1) is 4.61. The minimum absolute atomic E-state index is 0. The maximum Gasteiger partial charge on any atom is 0.0639 e. The molecule has 1 heterocycles. The Morgan fingerprint density at radius 1 is 1.27 bits per heavy atom. The summed E-state index contributed by atoms with van der Waals surface area (Å²) in [4.78, 5) is 3.63. The molecule has 1 aromatic heterocycles. The van der Waals surface area contributed by atoms with E-state index in [1.54, 1.807) is 12.4 Å². The lowest BCUT2D eigenvalue weighted by Crippen LogP contribution is -2.06. The highest BCUT2D eigenvalue weighted by molar-refractivity contribution is 6.23. The monoisotopic (exact) mass is 191 g/mol. The molecule has 0 amide bonds. The van der Waals surface area contributed by atoms with E-state index in [0.29, 0.717) is 0 Å². The first-order valence-electron chi connectivity index (χ1n) is 3.20. The molecular formula is C8H11Cl2N. The molecule has 0 unspecified atom stereocenters. The SMILES string of the molecule is CC(C)(Cl)c1ccncc1.Cl. The number of aromatic nitrogens is 1. The molecule has 0 N–H and O–H groups in total. The maximum atomic E-state index is 6.03. The van der Waals surface area contributed by atoms with E-state index < -0.39 is 0 Å². The van der Waals surface area contributed by atoms with E-state index >= 15 is 0 Å².